The van der Waals surface area contributed by atoms with Crippen molar-refractivity contribution in [2.75, 3.05) is 16.7 Å². The number of carbonyl (C=O) groups excluding carboxylic acids is 2. The first-order valence-corrected chi connectivity index (χ1v) is 16.7. The van der Waals surface area contributed by atoms with Gasteiger partial charge in [-0.3, -0.25) is 14.3 Å². The van der Waals surface area contributed by atoms with Gasteiger partial charge in [0.15, 0.2) is 11.5 Å². The number of nitrogen functional groups attached to an aromatic ring is 1. The highest BCUT2D eigenvalue weighted by Gasteiger charge is 2.40. The molecular weight excluding hydrogens is 570 g/mol. The largest absolute Gasteiger partial charge is 0.390 e. The van der Waals surface area contributed by atoms with Gasteiger partial charge in [0.1, 0.15) is 5.56 Å². The lowest BCUT2D eigenvalue weighted by Crippen LogP contribution is -2.41. The van der Waals surface area contributed by atoms with Gasteiger partial charge in [0.2, 0.25) is 10.0 Å². The predicted octanol–water partition coefficient (Wildman–Crippen LogP) is 3.16. The third-order valence-corrected chi connectivity index (χ3v) is 9.81. The molecule has 3 aliphatic rings. The number of benzene rings is 1. The summed E-state index contributed by atoms with van der Waals surface area (Å²) in [6.07, 6.45) is 7.98. The summed E-state index contributed by atoms with van der Waals surface area (Å²) in [6, 6.07) is 5.20. The van der Waals surface area contributed by atoms with Crippen molar-refractivity contribution in [2.24, 2.45) is 11.8 Å². The van der Waals surface area contributed by atoms with Gasteiger partial charge in [0.05, 0.1) is 28.8 Å². The van der Waals surface area contributed by atoms with Crippen LogP contribution in [0.25, 0.3) is 16.9 Å². The molecule has 6 rings (SSSR count). The normalized spacial score (nSPS) is 21.6. The van der Waals surface area contributed by atoms with E-state index in [0.29, 0.717) is 29.3 Å². The minimum Gasteiger partial charge on any atom is -0.390 e. The highest BCUT2D eigenvalue weighted by Crippen LogP contribution is 2.41. The van der Waals surface area contributed by atoms with Gasteiger partial charge in [-0.15, -0.1) is 5.10 Å². The summed E-state index contributed by atoms with van der Waals surface area (Å²) in [6.45, 7) is 6.06. The molecule has 0 spiro atoms. The van der Waals surface area contributed by atoms with Gasteiger partial charge in [-0.2, -0.15) is 0 Å². The monoisotopic (exact) mass is 609 g/mol. The predicted molar refractivity (Wildman–Crippen MR) is 163 cm³/mol. The standard InChI is InChI=1S/C30H39N7O5S/c1-16(17-5-6-17)36-15-19-13-18(14-23(24(19)29(36)39)35-43(4,41)42)22-11-12-37-27(33-22)25(26(31)34-37)28(38)32-21-9-7-20(8-10-21)30(2,3)40/h11-14,16-17,20-21,35,40H,5-10,15H2,1-4H3,(H2,31,34)(H,32,38). The summed E-state index contributed by atoms with van der Waals surface area (Å²) in [5.74, 6) is 0.139. The molecule has 230 valence electrons. The number of nitrogens with one attached hydrogen (secondary N) is 2. The van der Waals surface area contributed by atoms with Crippen LogP contribution in [0, 0.1) is 11.8 Å². The Labute approximate surface area is 251 Å². The fraction of sp³-hybridized carbons (Fsp3) is 0.533. The summed E-state index contributed by atoms with van der Waals surface area (Å²) >= 11 is 0. The topological polar surface area (TPSA) is 172 Å². The van der Waals surface area contributed by atoms with Gasteiger partial charge in [-0.1, -0.05) is 0 Å². The number of carbonyl (C=O) groups is 2. The highest BCUT2D eigenvalue weighted by atomic mass is 32.2. The van der Waals surface area contributed by atoms with Crippen molar-refractivity contribution in [3.8, 4) is 11.3 Å². The fourth-order valence-corrected chi connectivity index (χ4v) is 7.16. The molecule has 3 aromatic rings. The SMILES string of the molecule is CC(C1CC1)N1Cc2cc(-c3ccn4nc(N)c(C(=O)NC5CCC(C(C)(C)O)CC5)c4n3)cc(NS(C)(=O)=O)c2C1=O. The summed E-state index contributed by atoms with van der Waals surface area (Å²) in [5, 5.41) is 17.7. The lowest BCUT2D eigenvalue weighted by Gasteiger charge is -2.36. The van der Waals surface area contributed by atoms with Gasteiger partial charge in [0.25, 0.3) is 11.8 Å². The van der Waals surface area contributed by atoms with E-state index in [2.05, 4.69) is 15.1 Å². The summed E-state index contributed by atoms with van der Waals surface area (Å²) in [4.78, 5) is 33.4. The first kappa shape index (κ1) is 29.4. The number of sulfonamides is 1. The number of rotatable bonds is 8. The first-order valence-electron chi connectivity index (χ1n) is 14.8. The molecule has 2 amide bonds. The molecule has 1 unspecified atom stereocenters. The maximum Gasteiger partial charge on any atom is 0.259 e. The Bertz CT molecular complexity index is 1720. The van der Waals surface area contributed by atoms with Crippen LogP contribution in [0.2, 0.25) is 0 Å². The molecule has 1 aromatic carbocycles. The number of anilines is 2. The Morgan fingerprint density at radius 1 is 1.16 bits per heavy atom. The number of hydrogen-bond donors (Lipinski definition) is 4. The van der Waals surface area contributed by atoms with Gasteiger partial charge < -0.3 is 21.1 Å². The zero-order valence-electron chi connectivity index (χ0n) is 24.9. The van der Waals surface area contributed by atoms with Crippen LogP contribution >= 0.6 is 0 Å². The number of nitrogens with two attached hydrogens (primary N) is 1. The van der Waals surface area contributed by atoms with Gasteiger partial charge in [-0.05, 0) is 94.9 Å². The molecule has 1 aliphatic heterocycles. The molecule has 12 nitrogen and oxygen atoms in total. The highest BCUT2D eigenvalue weighted by molar-refractivity contribution is 7.92. The van der Waals surface area contributed by atoms with Gasteiger partial charge in [0, 0.05) is 30.4 Å². The van der Waals surface area contributed by atoms with Crippen LogP contribution in [0.1, 0.15) is 85.6 Å². The van der Waals surface area contributed by atoms with Crippen LogP contribution in [0.5, 0.6) is 0 Å². The van der Waals surface area contributed by atoms with Crippen molar-refractivity contribution >= 4 is 39.0 Å². The molecule has 43 heavy (non-hydrogen) atoms. The number of aliphatic hydroxyl groups is 1. The molecule has 13 heteroatoms. The number of nitrogens with zero attached hydrogens (tertiary/aromatic N) is 4. The Morgan fingerprint density at radius 2 is 1.86 bits per heavy atom. The molecule has 2 saturated carbocycles. The van der Waals surface area contributed by atoms with Crippen LogP contribution in [-0.2, 0) is 16.6 Å². The second-order valence-electron chi connectivity index (χ2n) is 13.0. The number of aromatic nitrogens is 3. The van der Waals surface area contributed by atoms with Crippen molar-refractivity contribution in [3.63, 3.8) is 0 Å². The molecule has 3 heterocycles. The van der Waals surface area contributed by atoms with Crippen LogP contribution in [-0.4, -0.2) is 68.8 Å². The van der Waals surface area contributed by atoms with Crippen molar-refractivity contribution < 1.29 is 23.1 Å². The van der Waals surface area contributed by atoms with Crippen molar-refractivity contribution in [3.05, 3.63) is 41.1 Å². The summed E-state index contributed by atoms with van der Waals surface area (Å²) in [5.41, 5.74) is 8.24. The van der Waals surface area contributed by atoms with Crippen LogP contribution in [0.4, 0.5) is 11.5 Å². The maximum absolute atomic E-state index is 13.4. The second-order valence-corrected chi connectivity index (χ2v) is 14.7. The van der Waals surface area contributed by atoms with E-state index in [1.165, 1.54) is 4.52 Å². The minimum atomic E-state index is -3.68. The van der Waals surface area contributed by atoms with E-state index in [4.69, 9.17) is 10.7 Å². The van der Waals surface area contributed by atoms with E-state index >= 15 is 0 Å². The van der Waals surface area contributed by atoms with E-state index in [1.54, 1.807) is 18.3 Å². The molecule has 2 fully saturated rings. The van der Waals surface area contributed by atoms with Gasteiger partial charge in [-0.25, -0.2) is 17.9 Å². The molecule has 2 aromatic heterocycles. The van der Waals surface area contributed by atoms with Gasteiger partial charge >= 0.3 is 0 Å². The Morgan fingerprint density at radius 3 is 2.49 bits per heavy atom. The van der Waals surface area contributed by atoms with E-state index in [-0.39, 0.29) is 52.5 Å². The number of hydrogen-bond acceptors (Lipinski definition) is 8. The summed E-state index contributed by atoms with van der Waals surface area (Å²) in [7, 11) is -3.68. The molecule has 1 atom stereocenters. The zero-order valence-corrected chi connectivity index (χ0v) is 25.7. The quantitative estimate of drug-likeness (QED) is 0.302. The van der Waals surface area contributed by atoms with Crippen molar-refractivity contribution in [1.29, 1.82) is 0 Å². The average molecular weight is 610 g/mol. The second kappa shape index (κ2) is 10.5. The molecule has 0 radical (unpaired) electrons. The summed E-state index contributed by atoms with van der Waals surface area (Å²) < 4.78 is 28.5. The van der Waals surface area contributed by atoms with E-state index in [0.717, 1.165) is 50.3 Å². The Hall–Kier alpha value is -3.71. The molecular formula is C30H39N7O5S. The smallest absolute Gasteiger partial charge is 0.259 e. The number of amides is 2. The number of fused-ring (bicyclic) bond motifs is 2. The van der Waals surface area contributed by atoms with Crippen LogP contribution < -0.4 is 15.8 Å². The third-order valence-electron chi connectivity index (χ3n) is 9.22. The van der Waals surface area contributed by atoms with Crippen LogP contribution in [0.15, 0.2) is 24.4 Å². The Balaban J connectivity index is 1.32. The molecule has 5 N–H and O–H groups in total. The van der Waals surface area contributed by atoms with Crippen LogP contribution in [0.3, 0.4) is 0 Å². The average Bonchev–Trinajstić information content (AvgIpc) is 3.64. The fourth-order valence-electron chi connectivity index (χ4n) is 6.60. The molecule has 2 aliphatic carbocycles. The van der Waals surface area contributed by atoms with E-state index < -0.39 is 15.6 Å². The lowest BCUT2D eigenvalue weighted by atomic mass is 9.77. The van der Waals surface area contributed by atoms with Crippen molar-refractivity contribution in [2.45, 2.75) is 83.5 Å². The van der Waals surface area contributed by atoms with E-state index in [1.807, 2.05) is 31.7 Å². The molecule has 0 saturated heterocycles. The van der Waals surface area contributed by atoms with E-state index in [9.17, 15) is 23.1 Å². The maximum atomic E-state index is 13.4. The van der Waals surface area contributed by atoms with Crippen molar-refractivity contribution in [1.82, 2.24) is 24.8 Å². The Kier molecular flexibility index (Phi) is 7.15. The minimum absolute atomic E-state index is 0.0519. The first-order chi connectivity index (χ1) is 20.2. The third kappa shape index (κ3) is 5.79. The zero-order chi connectivity index (χ0) is 30.8. The molecule has 0 bridgehead atoms. The lowest BCUT2D eigenvalue weighted by molar-refractivity contribution is -0.00257.